The highest BCUT2D eigenvalue weighted by atomic mass is 16.3. The molecule has 0 aromatic heterocycles. The Labute approximate surface area is 68.1 Å². The van der Waals surface area contributed by atoms with Gasteiger partial charge >= 0.3 is 0 Å². The van der Waals surface area contributed by atoms with Crippen LogP contribution in [-0.2, 0) is 0 Å². The Morgan fingerprint density at radius 3 is 1.75 bits per heavy atom. The number of phenolic OH excluding ortho intramolecular Hbond substituents is 2. The largest absolute Gasteiger partial charge is 0.508 e. The first-order chi connectivity index (χ1) is 5.69. The van der Waals surface area contributed by atoms with Gasteiger partial charge in [0.1, 0.15) is 11.5 Å². The van der Waals surface area contributed by atoms with Crippen molar-refractivity contribution in [2.45, 2.75) is 0 Å². The number of phenols is 2. The van der Waals surface area contributed by atoms with E-state index in [0.717, 1.165) is 12.1 Å². The van der Waals surface area contributed by atoms with Crippen molar-refractivity contribution in [2.75, 3.05) is 0 Å². The fraction of sp³-hybridized carbons (Fsp3) is 0. The maximum atomic E-state index is 10.3. The second-order valence-corrected chi connectivity index (χ2v) is 2.21. The third-order valence-corrected chi connectivity index (χ3v) is 1.41. The van der Waals surface area contributed by atoms with Crippen molar-refractivity contribution >= 4 is 12.6 Å². The van der Waals surface area contributed by atoms with Crippen molar-refractivity contribution < 1.29 is 19.8 Å². The van der Waals surface area contributed by atoms with Gasteiger partial charge in [0.2, 0.25) is 0 Å². The molecule has 1 aromatic rings. The van der Waals surface area contributed by atoms with E-state index in [0.29, 0.717) is 12.6 Å². The fourth-order valence-electron chi connectivity index (χ4n) is 0.843. The molecular weight excluding hydrogens is 160 g/mol. The predicted molar refractivity (Wildman–Crippen MR) is 40.5 cm³/mol. The maximum Gasteiger partial charge on any atom is 0.153 e. The van der Waals surface area contributed by atoms with Crippen molar-refractivity contribution in [1.29, 1.82) is 0 Å². The summed E-state index contributed by atoms with van der Waals surface area (Å²) in [6.45, 7) is 0. The van der Waals surface area contributed by atoms with Crippen molar-refractivity contribution in [3.63, 3.8) is 0 Å². The number of hydrogen-bond donors (Lipinski definition) is 2. The molecule has 0 aliphatic heterocycles. The van der Waals surface area contributed by atoms with Crippen LogP contribution in [0.25, 0.3) is 0 Å². The molecule has 0 aliphatic rings. The molecule has 0 fully saturated rings. The third kappa shape index (κ3) is 1.27. The number of rotatable bonds is 2. The van der Waals surface area contributed by atoms with Gasteiger partial charge in [-0.15, -0.1) is 0 Å². The Kier molecular flexibility index (Phi) is 2.09. The van der Waals surface area contributed by atoms with Crippen LogP contribution in [0.3, 0.4) is 0 Å². The van der Waals surface area contributed by atoms with Gasteiger partial charge in [-0.05, 0) is 12.1 Å². The molecule has 0 atom stereocenters. The van der Waals surface area contributed by atoms with E-state index >= 15 is 0 Å². The summed E-state index contributed by atoms with van der Waals surface area (Å²) in [6.07, 6.45) is 0.726. The fourth-order valence-corrected chi connectivity index (χ4v) is 0.843. The summed E-state index contributed by atoms with van der Waals surface area (Å²) in [5.74, 6) is -0.630. The van der Waals surface area contributed by atoms with E-state index in [2.05, 4.69) is 0 Å². The van der Waals surface area contributed by atoms with Crippen LogP contribution in [0.2, 0.25) is 0 Å². The lowest BCUT2D eigenvalue weighted by atomic mass is 10.1. The average molecular weight is 166 g/mol. The van der Waals surface area contributed by atoms with Crippen molar-refractivity contribution in [3.05, 3.63) is 23.3 Å². The minimum atomic E-state index is -0.405. The Balaban J connectivity index is 3.41. The molecule has 0 unspecified atom stereocenters. The van der Waals surface area contributed by atoms with E-state index in [1.807, 2.05) is 0 Å². The van der Waals surface area contributed by atoms with Crippen LogP contribution in [0, 0.1) is 0 Å². The molecule has 0 saturated carbocycles. The molecule has 0 spiro atoms. The summed E-state index contributed by atoms with van der Waals surface area (Å²) in [6, 6.07) is 2.16. The second kappa shape index (κ2) is 3.04. The Morgan fingerprint density at radius 1 is 1.00 bits per heavy atom. The van der Waals surface area contributed by atoms with Crippen molar-refractivity contribution in [1.82, 2.24) is 0 Å². The minimum absolute atomic E-state index is 0.0999. The van der Waals surface area contributed by atoms with Crippen molar-refractivity contribution in [3.8, 4) is 11.5 Å². The van der Waals surface area contributed by atoms with E-state index in [1.54, 1.807) is 0 Å². The lowest BCUT2D eigenvalue weighted by Crippen LogP contribution is -1.87. The standard InChI is InChI=1S/C8H6O4/c9-3-5-1-7(11)2-6(4-10)8(5)12/h1-4,11-12H. The highest BCUT2D eigenvalue weighted by Crippen LogP contribution is 2.24. The summed E-state index contributed by atoms with van der Waals surface area (Å²) in [5, 5.41) is 18.1. The van der Waals surface area contributed by atoms with Gasteiger partial charge in [0.15, 0.2) is 12.6 Å². The van der Waals surface area contributed by atoms with Crippen LogP contribution < -0.4 is 0 Å². The molecule has 0 heterocycles. The van der Waals surface area contributed by atoms with E-state index < -0.39 is 5.75 Å². The van der Waals surface area contributed by atoms with Crippen LogP contribution in [0.4, 0.5) is 0 Å². The Morgan fingerprint density at radius 2 is 1.42 bits per heavy atom. The molecule has 1 rings (SSSR count). The summed E-state index contributed by atoms with van der Waals surface area (Å²) >= 11 is 0. The number of hydrogen-bond acceptors (Lipinski definition) is 4. The highest BCUT2D eigenvalue weighted by molar-refractivity contribution is 5.89. The zero-order chi connectivity index (χ0) is 9.14. The molecule has 0 amide bonds. The van der Waals surface area contributed by atoms with Gasteiger partial charge in [-0.2, -0.15) is 0 Å². The van der Waals surface area contributed by atoms with Gasteiger partial charge in [0.05, 0.1) is 11.1 Å². The minimum Gasteiger partial charge on any atom is -0.508 e. The SMILES string of the molecule is O=Cc1cc(O)cc(C=O)c1O. The molecular formula is C8H6O4. The molecule has 1 aromatic carbocycles. The molecule has 2 N–H and O–H groups in total. The van der Waals surface area contributed by atoms with Crippen LogP contribution in [0.5, 0.6) is 11.5 Å². The van der Waals surface area contributed by atoms with Gasteiger partial charge in [0, 0.05) is 0 Å². The van der Waals surface area contributed by atoms with E-state index in [4.69, 9.17) is 10.2 Å². The second-order valence-electron chi connectivity index (χ2n) is 2.21. The molecule has 12 heavy (non-hydrogen) atoms. The van der Waals surface area contributed by atoms with Crippen LogP contribution in [0.1, 0.15) is 20.7 Å². The molecule has 0 saturated heterocycles. The lowest BCUT2D eigenvalue weighted by molar-refractivity contribution is 0.111. The number of carbonyl (C=O) groups is 2. The number of aromatic hydroxyl groups is 2. The molecule has 0 radical (unpaired) electrons. The molecule has 4 heteroatoms. The smallest absolute Gasteiger partial charge is 0.153 e. The third-order valence-electron chi connectivity index (χ3n) is 1.41. The van der Waals surface area contributed by atoms with Crippen LogP contribution >= 0.6 is 0 Å². The summed E-state index contributed by atoms with van der Waals surface area (Å²) < 4.78 is 0. The Hall–Kier alpha value is -1.84. The predicted octanol–water partition coefficient (Wildman–Crippen LogP) is 0.723. The van der Waals surface area contributed by atoms with Gasteiger partial charge in [-0.25, -0.2) is 0 Å². The molecule has 62 valence electrons. The summed E-state index contributed by atoms with van der Waals surface area (Å²) in [4.78, 5) is 20.5. The first-order valence-corrected chi connectivity index (χ1v) is 3.15. The molecule has 4 nitrogen and oxygen atoms in total. The van der Waals surface area contributed by atoms with Gasteiger partial charge < -0.3 is 10.2 Å². The first-order valence-electron chi connectivity index (χ1n) is 3.15. The van der Waals surface area contributed by atoms with Gasteiger partial charge in [-0.1, -0.05) is 0 Å². The zero-order valence-corrected chi connectivity index (χ0v) is 6.02. The number of carbonyl (C=O) groups excluding carboxylic acids is 2. The van der Waals surface area contributed by atoms with E-state index in [9.17, 15) is 9.59 Å². The lowest BCUT2D eigenvalue weighted by Gasteiger charge is -2.00. The van der Waals surface area contributed by atoms with Crippen LogP contribution in [0.15, 0.2) is 12.1 Å². The van der Waals surface area contributed by atoms with Gasteiger partial charge in [0.25, 0.3) is 0 Å². The molecule has 0 bridgehead atoms. The maximum absolute atomic E-state index is 10.3. The Bertz CT molecular complexity index is 301. The average Bonchev–Trinajstić information content (AvgIpc) is 2.08. The first kappa shape index (κ1) is 8.26. The van der Waals surface area contributed by atoms with Crippen molar-refractivity contribution in [2.24, 2.45) is 0 Å². The van der Waals surface area contributed by atoms with E-state index in [-0.39, 0.29) is 16.9 Å². The molecule has 0 aliphatic carbocycles. The van der Waals surface area contributed by atoms with E-state index in [1.165, 1.54) is 0 Å². The summed E-state index contributed by atoms with van der Waals surface area (Å²) in [7, 11) is 0. The zero-order valence-electron chi connectivity index (χ0n) is 6.02. The van der Waals surface area contributed by atoms with Gasteiger partial charge in [-0.3, -0.25) is 9.59 Å². The topological polar surface area (TPSA) is 74.6 Å². The quantitative estimate of drug-likeness (QED) is 0.501. The number of aldehydes is 2. The summed E-state index contributed by atoms with van der Waals surface area (Å²) in [5.41, 5.74) is -0.200. The highest BCUT2D eigenvalue weighted by Gasteiger charge is 2.07. The monoisotopic (exact) mass is 166 g/mol. The normalized spacial score (nSPS) is 9.33. The van der Waals surface area contributed by atoms with Crippen LogP contribution in [-0.4, -0.2) is 22.8 Å². The number of benzene rings is 1.